The second-order valence-electron chi connectivity index (χ2n) is 9.07. The van der Waals surface area contributed by atoms with Gasteiger partial charge in [-0.25, -0.2) is 0 Å². The van der Waals surface area contributed by atoms with E-state index in [1.807, 2.05) is 25.2 Å². The molecule has 0 aliphatic carbocycles. The minimum atomic E-state index is -0.397. The highest BCUT2D eigenvalue weighted by Crippen LogP contribution is 2.23. The molecule has 1 atom stereocenters. The third-order valence-corrected chi connectivity index (χ3v) is 5.38. The number of aromatic nitrogens is 1. The second kappa shape index (κ2) is 7.95. The van der Waals surface area contributed by atoms with Crippen LogP contribution in [-0.4, -0.2) is 59.3 Å². The SMILES string of the molecule is Cc1c(CN(C)C(=O)C[C@H]2C(=O)NCCN2CC(C)(C)C)[nH]c2ccccc12. The molecule has 0 radical (unpaired) electrons. The van der Waals surface area contributed by atoms with Crippen LogP contribution < -0.4 is 5.32 Å². The van der Waals surface area contributed by atoms with Crippen LogP contribution in [0.2, 0.25) is 0 Å². The molecule has 1 aliphatic heterocycles. The van der Waals surface area contributed by atoms with Gasteiger partial charge in [-0.05, 0) is 24.0 Å². The average Bonchev–Trinajstić information content (AvgIpc) is 2.92. The highest BCUT2D eigenvalue weighted by atomic mass is 16.2. The molecule has 1 saturated heterocycles. The highest BCUT2D eigenvalue weighted by molar-refractivity contribution is 5.89. The maximum absolute atomic E-state index is 12.9. The lowest BCUT2D eigenvalue weighted by molar-refractivity contribution is -0.138. The Bertz CT molecular complexity index is 865. The van der Waals surface area contributed by atoms with Gasteiger partial charge in [-0.3, -0.25) is 14.5 Å². The molecule has 1 aromatic carbocycles. The summed E-state index contributed by atoms with van der Waals surface area (Å²) in [5, 5.41) is 4.09. The smallest absolute Gasteiger partial charge is 0.237 e. The molecule has 0 spiro atoms. The van der Waals surface area contributed by atoms with Crippen molar-refractivity contribution in [2.45, 2.75) is 46.7 Å². The number of aromatic amines is 1. The lowest BCUT2D eigenvalue weighted by Crippen LogP contribution is -2.58. The van der Waals surface area contributed by atoms with Crippen molar-refractivity contribution in [3.05, 3.63) is 35.5 Å². The van der Waals surface area contributed by atoms with Gasteiger partial charge in [0.15, 0.2) is 0 Å². The number of H-pyrrole nitrogens is 1. The average molecular weight is 385 g/mol. The predicted molar refractivity (Wildman–Crippen MR) is 112 cm³/mol. The summed E-state index contributed by atoms with van der Waals surface area (Å²) in [4.78, 5) is 32.6. The molecule has 152 valence electrons. The quantitative estimate of drug-likeness (QED) is 0.833. The Morgan fingerprint density at radius 1 is 1.29 bits per heavy atom. The van der Waals surface area contributed by atoms with E-state index in [9.17, 15) is 9.59 Å². The van der Waals surface area contributed by atoms with E-state index in [1.54, 1.807) is 4.90 Å². The van der Waals surface area contributed by atoms with Crippen molar-refractivity contribution < 1.29 is 9.59 Å². The van der Waals surface area contributed by atoms with Crippen molar-refractivity contribution in [3.8, 4) is 0 Å². The third-order valence-electron chi connectivity index (χ3n) is 5.38. The van der Waals surface area contributed by atoms with Crippen LogP contribution in [0.4, 0.5) is 0 Å². The van der Waals surface area contributed by atoms with Crippen LogP contribution in [0.1, 0.15) is 38.4 Å². The van der Waals surface area contributed by atoms with E-state index in [4.69, 9.17) is 0 Å². The second-order valence-corrected chi connectivity index (χ2v) is 9.07. The summed E-state index contributed by atoms with van der Waals surface area (Å²) in [5.74, 6) is -0.0574. The zero-order valence-corrected chi connectivity index (χ0v) is 17.6. The van der Waals surface area contributed by atoms with Crippen LogP contribution in [0.5, 0.6) is 0 Å². The van der Waals surface area contributed by atoms with Crippen molar-refractivity contribution in [2.24, 2.45) is 5.41 Å². The summed E-state index contributed by atoms with van der Waals surface area (Å²) in [6.07, 6.45) is 0.206. The molecule has 6 nitrogen and oxygen atoms in total. The maximum Gasteiger partial charge on any atom is 0.237 e. The Kier molecular flexibility index (Phi) is 5.79. The van der Waals surface area contributed by atoms with E-state index in [0.29, 0.717) is 13.1 Å². The zero-order valence-electron chi connectivity index (χ0n) is 17.6. The first-order chi connectivity index (χ1) is 13.2. The van der Waals surface area contributed by atoms with Crippen molar-refractivity contribution >= 4 is 22.7 Å². The number of hydrogen-bond acceptors (Lipinski definition) is 3. The Labute approximate surface area is 167 Å². The van der Waals surface area contributed by atoms with Gasteiger partial charge in [0, 0.05) is 43.3 Å². The monoisotopic (exact) mass is 384 g/mol. The Hall–Kier alpha value is -2.34. The van der Waals surface area contributed by atoms with Crippen LogP contribution in [0, 0.1) is 12.3 Å². The van der Waals surface area contributed by atoms with Gasteiger partial charge in [-0.2, -0.15) is 0 Å². The molecule has 28 heavy (non-hydrogen) atoms. The molecule has 6 heteroatoms. The fraction of sp³-hybridized carbons (Fsp3) is 0.545. The Morgan fingerprint density at radius 3 is 2.68 bits per heavy atom. The topological polar surface area (TPSA) is 68.4 Å². The lowest BCUT2D eigenvalue weighted by Gasteiger charge is -2.39. The van der Waals surface area contributed by atoms with Gasteiger partial charge in [0.25, 0.3) is 0 Å². The van der Waals surface area contributed by atoms with Crippen LogP contribution in [0.25, 0.3) is 10.9 Å². The summed E-state index contributed by atoms with van der Waals surface area (Å²) in [6.45, 7) is 11.3. The largest absolute Gasteiger partial charge is 0.357 e. The number of nitrogens with one attached hydrogen (secondary N) is 2. The third kappa shape index (κ3) is 4.55. The summed E-state index contributed by atoms with van der Waals surface area (Å²) in [5.41, 5.74) is 3.36. The molecule has 2 heterocycles. The van der Waals surface area contributed by atoms with E-state index in [2.05, 4.69) is 49.0 Å². The fourth-order valence-electron chi connectivity index (χ4n) is 3.93. The molecule has 1 aromatic heterocycles. The van der Waals surface area contributed by atoms with E-state index >= 15 is 0 Å². The Morgan fingerprint density at radius 2 is 2.00 bits per heavy atom. The number of carbonyl (C=O) groups is 2. The molecule has 0 saturated carbocycles. The fourth-order valence-corrected chi connectivity index (χ4v) is 3.93. The van der Waals surface area contributed by atoms with Gasteiger partial charge >= 0.3 is 0 Å². The zero-order chi connectivity index (χ0) is 20.5. The first-order valence-electron chi connectivity index (χ1n) is 9.97. The number of hydrogen-bond donors (Lipinski definition) is 2. The van der Waals surface area contributed by atoms with Crippen molar-refractivity contribution in [3.63, 3.8) is 0 Å². The van der Waals surface area contributed by atoms with Crippen LogP contribution in [0.15, 0.2) is 24.3 Å². The van der Waals surface area contributed by atoms with E-state index in [0.717, 1.165) is 24.3 Å². The number of carbonyl (C=O) groups excluding carboxylic acids is 2. The summed E-state index contributed by atoms with van der Waals surface area (Å²) in [6, 6.07) is 7.76. The molecular weight excluding hydrogens is 352 g/mol. The first kappa shape index (κ1) is 20.4. The lowest BCUT2D eigenvalue weighted by atomic mass is 9.94. The molecule has 1 fully saturated rings. The molecule has 0 unspecified atom stereocenters. The maximum atomic E-state index is 12.9. The minimum Gasteiger partial charge on any atom is -0.357 e. The van der Waals surface area contributed by atoms with Gasteiger partial charge in [0.2, 0.25) is 11.8 Å². The number of aryl methyl sites for hydroxylation is 1. The van der Waals surface area contributed by atoms with Crippen LogP contribution in [-0.2, 0) is 16.1 Å². The molecule has 3 rings (SSSR count). The highest BCUT2D eigenvalue weighted by Gasteiger charge is 2.34. The molecule has 0 bridgehead atoms. The van der Waals surface area contributed by atoms with Gasteiger partial charge in [0.1, 0.15) is 0 Å². The summed E-state index contributed by atoms with van der Waals surface area (Å²) < 4.78 is 0. The van der Waals surface area contributed by atoms with Gasteiger partial charge < -0.3 is 15.2 Å². The summed E-state index contributed by atoms with van der Waals surface area (Å²) >= 11 is 0. The van der Waals surface area contributed by atoms with Gasteiger partial charge in [-0.1, -0.05) is 39.0 Å². The van der Waals surface area contributed by atoms with Gasteiger partial charge in [-0.15, -0.1) is 0 Å². The number of benzene rings is 1. The van der Waals surface area contributed by atoms with E-state index in [1.165, 1.54) is 10.9 Å². The molecule has 2 amide bonds. The first-order valence-corrected chi connectivity index (χ1v) is 9.97. The normalized spacial score (nSPS) is 18.3. The van der Waals surface area contributed by atoms with Crippen LogP contribution in [0.3, 0.4) is 0 Å². The van der Waals surface area contributed by atoms with Crippen molar-refractivity contribution in [2.75, 3.05) is 26.7 Å². The van der Waals surface area contributed by atoms with Crippen LogP contribution >= 0.6 is 0 Å². The minimum absolute atomic E-state index is 0.0148. The molecule has 2 aromatic rings. The molecule has 1 aliphatic rings. The number of rotatable bonds is 5. The molecular formula is C22H32N4O2. The number of nitrogens with zero attached hydrogens (tertiary/aromatic N) is 2. The molecule has 2 N–H and O–H groups in total. The van der Waals surface area contributed by atoms with Crippen molar-refractivity contribution in [1.29, 1.82) is 0 Å². The number of amides is 2. The van der Waals surface area contributed by atoms with Gasteiger partial charge in [0.05, 0.1) is 19.0 Å². The Balaban J connectivity index is 1.69. The summed E-state index contributed by atoms with van der Waals surface area (Å²) in [7, 11) is 1.81. The number of para-hydroxylation sites is 1. The predicted octanol–water partition coefficient (Wildman–Crippen LogP) is 2.67. The standard InChI is InChI=1S/C22H32N4O2/c1-15-16-8-6-7-9-17(16)24-18(15)13-25(5)20(27)12-19-21(28)23-10-11-26(19)14-22(2,3)4/h6-9,19,24H,10-14H2,1-5H3,(H,23,28)/t19-/m0/s1. The van der Waals surface area contributed by atoms with E-state index < -0.39 is 6.04 Å². The van der Waals surface area contributed by atoms with Crippen molar-refractivity contribution in [1.82, 2.24) is 20.1 Å². The number of piperazine rings is 1. The number of fused-ring (bicyclic) bond motifs is 1. The van der Waals surface area contributed by atoms with E-state index in [-0.39, 0.29) is 23.7 Å².